The SMILES string of the molecule is CCCC=O.CCc1ccccc1CCCC=O.O=[PH+]O. The largest absolute Gasteiger partial charge is 0.491 e. The molecule has 0 heterocycles. The van der Waals surface area contributed by atoms with E-state index in [-0.39, 0.29) is 0 Å². The van der Waals surface area contributed by atoms with Gasteiger partial charge in [0.05, 0.1) is 0 Å². The van der Waals surface area contributed by atoms with Crippen molar-refractivity contribution in [3.8, 4) is 0 Å². The van der Waals surface area contributed by atoms with Crippen molar-refractivity contribution in [2.75, 3.05) is 0 Å². The van der Waals surface area contributed by atoms with Gasteiger partial charge in [-0.25, -0.2) is 0 Å². The van der Waals surface area contributed by atoms with E-state index in [0.29, 0.717) is 12.8 Å². The van der Waals surface area contributed by atoms with Crippen LogP contribution in [0, 0.1) is 0 Å². The van der Waals surface area contributed by atoms with E-state index in [9.17, 15) is 9.59 Å². The molecule has 1 rings (SSSR count). The summed E-state index contributed by atoms with van der Waals surface area (Å²) in [5.41, 5.74) is 2.81. The number of aryl methyl sites for hydroxylation is 2. The molecule has 0 saturated heterocycles. The van der Waals surface area contributed by atoms with Crippen LogP contribution >= 0.6 is 8.69 Å². The fourth-order valence-corrected chi connectivity index (χ4v) is 1.64. The summed E-state index contributed by atoms with van der Waals surface area (Å²) in [6.07, 6.45) is 7.37. The maximum atomic E-state index is 10.1. The molecule has 1 aromatic rings. The maximum Gasteiger partial charge on any atom is 0.491 e. The number of benzene rings is 1. The quantitative estimate of drug-likeness (QED) is 0.473. The average Bonchev–Trinajstić information content (AvgIpc) is 2.50. The van der Waals surface area contributed by atoms with E-state index in [1.54, 1.807) is 0 Å². The third kappa shape index (κ3) is 14.8. The summed E-state index contributed by atoms with van der Waals surface area (Å²) in [5.74, 6) is 0. The van der Waals surface area contributed by atoms with Crippen molar-refractivity contribution in [3.05, 3.63) is 35.4 Å². The molecule has 0 aromatic heterocycles. The zero-order valence-electron chi connectivity index (χ0n) is 12.9. The van der Waals surface area contributed by atoms with Crippen molar-refractivity contribution in [1.82, 2.24) is 0 Å². The van der Waals surface area contributed by atoms with Crippen molar-refractivity contribution < 1.29 is 19.0 Å². The summed E-state index contributed by atoms with van der Waals surface area (Å²) in [4.78, 5) is 26.6. The first kappa shape index (κ1) is 21.9. The molecule has 1 unspecified atom stereocenters. The molecule has 21 heavy (non-hydrogen) atoms. The highest BCUT2D eigenvalue weighted by molar-refractivity contribution is 7.16. The molecule has 0 fully saturated rings. The van der Waals surface area contributed by atoms with E-state index in [4.69, 9.17) is 9.46 Å². The topological polar surface area (TPSA) is 71.4 Å². The number of carbonyl (C=O) groups is 2. The van der Waals surface area contributed by atoms with E-state index < -0.39 is 8.69 Å². The summed E-state index contributed by atoms with van der Waals surface area (Å²) in [6.45, 7) is 4.15. The lowest BCUT2D eigenvalue weighted by molar-refractivity contribution is -0.108. The summed E-state index contributed by atoms with van der Waals surface area (Å²) < 4.78 is 8.51. The first-order chi connectivity index (χ1) is 10.2. The molecule has 0 aliphatic heterocycles. The van der Waals surface area contributed by atoms with Gasteiger partial charge in [0.2, 0.25) is 0 Å². The van der Waals surface area contributed by atoms with Crippen LogP contribution in [-0.2, 0) is 27.0 Å². The van der Waals surface area contributed by atoms with Crippen LogP contribution in [0.1, 0.15) is 50.7 Å². The van der Waals surface area contributed by atoms with E-state index >= 15 is 0 Å². The fourth-order valence-electron chi connectivity index (χ4n) is 1.64. The normalized spacial score (nSPS) is 8.90. The zero-order chi connectivity index (χ0) is 16.3. The van der Waals surface area contributed by atoms with E-state index in [2.05, 4.69) is 31.2 Å². The van der Waals surface area contributed by atoms with Crippen molar-refractivity contribution in [2.24, 2.45) is 0 Å². The molecule has 1 atom stereocenters. The van der Waals surface area contributed by atoms with Crippen LogP contribution < -0.4 is 0 Å². The van der Waals surface area contributed by atoms with Gasteiger partial charge in [0, 0.05) is 12.8 Å². The molecule has 1 N–H and O–H groups in total. The van der Waals surface area contributed by atoms with Gasteiger partial charge in [-0.1, -0.05) is 38.1 Å². The Morgan fingerprint density at radius 3 is 1.95 bits per heavy atom. The number of unbranched alkanes of at least 4 members (excludes halogenated alkanes) is 2. The van der Waals surface area contributed by atoms with Crippen molar-refractivity contribution in [2.45, 2.75) is 52.4 Å². The minimum Gasteiger partial charge on any atom is -0.303 e. The second kappa shape index (κ2) is 18.6. The number of hydrogen-bond acceptors (Lipinski definition) is 3. The van der Waals surface area contributed by atoms with Crippen molar-refractivity contribution in [3.63, 3.8) is 0 Å². The number of carbonyl (C=O) groups excluding carboxylic acids is 2. The number of aldehydes is 2. The van der Waals surface area contributed by atoms with Gasteiger partial charge in [0.25, 0.3) is 0 Å². The van der Waals surface area contributed by atoms with Crippen LogP contribution in [0.3, 0.4) is 0 Å². The molecule has 5 heteroatoms. The van der Waals surface area contributed by atoms with Gasteiger partial charge in [-0.05, 0) is 41.4 Å². The minimum absolute atomic E-state index is 0.679. The lowest BCUT2D eigenvalue weighted by atomic mass is 10.0. The molecule has 0 spiro atoms. The average molecular weight is 313 g/mol. The third-order valence-corrected chi connectivity index (χ3v) is 2.67. The highest BCUT2D eigenvalue weighted by Crippen LogP contribution is 2.11. The Bertz CT molecular complexity index is 380. The van der Waals surface area contributed by atoms with Crippen LogP contribution in [0.15, 0.2) is 24.3 Å². The van der Waals surface area contributed by atoms with E-state index in [0.717, 1.165) is 38.3 Å². The van der Waals surface area contributed by atoms with Crippen molar-refractivity contribution in [1.29, 1.82) is 0 Å². The molecule has 4 nitrogen and oxygen atoms in total. The molecule has 0 saturated carbocycles. The molecule has 0 aliphatic carbocycles. The van der Waals surface area contributed by atoms with Gasteiger partial charge in [0.1, 0.15) is 12.6 Å². The number of hydrogen-bond donors (Lipinski definition) is 1. The predicted octanol–water partition coefficient (Wildman–Crippen LogP) is 3.67. The Morgan fingerprint density at radius 2 is 1.57 bits per heavy atom. The zero-order valence-corrected chi connectivity index (χ0v) is 13.9. The first-order valence-corrected chi connectivity index (χ1v) is 8.02. The lowest BCUT2D eigenvalue weighted by Crippen LogP contribution is -1.92. The van der Waals surface area contributed by atoms with Crippen LogP contribution in [0.25, 0.3) is 0 Å². The second-order valence-corrected chi connectivity index (χ2v) is 4.41. The first-order valence-electron chi connectivity index (χ1n) is 7.16. The Hall–Kier alpha value is -1.38. The third-order valence-electron chi connectivity index (χ3n) is 2.67. The van der Waals surface area contributed by atoms with Gasteiger partial charge >= 0.3 is 8.69 Å². The standard InChI is InChI=1S/C12H16O.C4H8O.HO2P/c1-2-11-7-3-4-8-12(11)9-5-6-10-13;1-2-3-4-5;1-3-2/h3-4,7-8,10H,2,5-6,9H2,1H3;4H,2-3H2,1H3;3H/p+1. The van der Waals surface area contributed by atoms with Gasteiger partial charge in [0.15, 0.2) is 0 Å². The van der Waals surface area contributed by atoms with Crippen LogP contribution in [0.2, 0.25) is 0 Å². The highest BCUT2D eigenvalue weighted by Gasteiger charge is 1.98. The van der Waals surface area contributed by atoms with Gasteiger partial charge < -0.3 is 9.59 Å². The highest BCUT2D eigenvalue weighted by atomic mass is 31.1. The molecule has 0 aliphatic rings. The van der Waals surface area contributed by atoms with Crippen LogP contribution in [0.4, 0.5) is 0 Å². The second-order valence-electron chi connectivity index (χ2n) is 4.23. The van der Waals surface area contributed by atoms with Crippen LogP contribution in [-0.4, -0.2) is 17.5 Å². The van der Waals surface area contributed by atoms with Crippen LogP contribution in [0.5, 0.6) is 0 Å². The van der Waals surface area contributed by atoms with Gasteiger partial charge in [-0.3, -0.25) is 0 Å². The van der Waals surface area contributed by atoms with Crippen molar-refractivity contribution >= 4 is 21.3 Å². The molecule has 0 radical (unpaired) electrons. The summed E-state index contributed by atoms with van der Waals surface area (Å²) >= 11 is 0. The molecule has 0 bridgehead atoms. The Kier molecular flexibility index (Phi) is 19.4. The summed E-state index contributed by atoms with van der Waals surface area (Å²) in [5, 5.41) is 0. The summed E-state index contributed by atoms with van der Waals surface area (Å²) in [6, 6.07) is 8.46. The lowest BCUT2D eigenvalue weighted by Gasteiger charge is -2.05. The molecular weight excluding hydrogens is 287 g/mol. The predicted molar refractivity (Wildman–Crippen MR) is 87.0 cm³/mol. The Balaban J connectivity index is 0. The maximum absolute atomic E-state index is 10.1. The minimum atomic E-state index is -1.17. The van der Waals surface area contributed by atoms with Gasteiger partial charge in [-0.15, -0.1) is 0 Å². The molecular formula is C16H26O4P+. The molecule has 118 valence electrons. The molecule has 1 aromatic carbocycles. The van der Waals surface area contributed by atoms with Gasteiger partial charge in [-0.2, -0.15) is 4.89 Å². The molecule has 0 amide bonds. The number of rotatable bonds is 7. The van der Waals surface area contributed by atoms with E-state index in [1.807, 2.05) is 6.92 Å². The summed E-state index contributed by atoms with van der Waals surface area (Å²) in [7, 11) is -1.17. The smallest absolute Gasteiger partial charge is 0.303 e. The fraction of sp³-hybridized carbons (Fsp3) is 0.500. The monoisotopic (exact) mass is 313 g/mol. The Morgan fingerprint density at radius 1 is 1.05 bits per heavy atom. The Labute approximate surface area is 128 Å². The van der Waals surface area contributed by atoms with E-state index in [1.165, 1.54) is 11.1 Å².